The zero-order valence-corrected chi connectivity index (χ0v) is 8.79. The SMILES string of the molecule is Cn1cnc2c(C(N)CC(=O)O)ccnc21. The van der Waals surface area contributed by atoms with Gasteiger partial charge in [-0.2, -0.15) is 0 Å². The summed E-state index contributed by atoms with van der Waals surface area (Å²) in [6, 6.07) is 1.15. The van der Waals surface area contributed by atoms with Gasteiger partial charge in [-0.05, 0) is 6.07 Å². The monoisotopic (exact) mass is 220 g/mol. The molecule has 0 saturated heterocycles. The normalized spacial score (nSPS) is 12.9. The summed E-state index contributed by atoms with van der Waals surface area (Å²) in [5, 5.41) is 8.70. The highest BCUT2D eigenvalue weighted by atomic mass is 16.4. The zero-order chi connectivity index (χ0) is 11.7. The Hall–Kier alpha value is -1.95. The van der Waals surface area contributed by atoms with Crippen LogP contribution in [-0.2, 0) is 11.8 Å². The molecule has 0 fully saturated rings. The van der Waals surface area contributed by atoms with Gasteiger partial charge in [-0.3, -0.25) is 4.79 Å². The minimum atomic E-state index is -0.923. The maximum atomic E-state index is 10.6. The molecule has 3 N–H and O–H groups in total. The largest absolute Gasteiger partial charge is 0.481 e. The van der Waals surface area contributed by atoms with Crippen molar-refractivity contribution in [1.29, 1.82) is 0 Å². The number of nitrogens with two attached hydrogens (primary N) is 1. The second-order valence-corrected chi connectivity index (χ2v) is 3.63. The zero-order valence-electron chi connectivity index (χ0n) is 8.79. The summed E-state index contributed by atoms with van der Waals surface area (Å²) in [5.41, 5.74) is 7.90. The molecular weight excluding hydrogens is 208 g/mol. The lowest BCUT2D eigenvalue weighted by molar-refractivity contribution is -0.137. The van der Waals surface area contributed by atoms with Crippen LogP contribution >= 0.6 is 0 Å². The van der Waals surface area contributed by atoms with Crippen LogP contribution in [0.2, 0.25) is 0 Å². The van der Waals surface area contributed by atoms with Crippen molar-refractivity contribution in [3.05, 3.63) is 24.2 Å². The van der Waals surface area contributed by atoms with E-state index < -0.39 is 12.0 Å². The van der Waals surface area contributed by atoms with Crippen LogP contribution in [0.3, 0.4) is 0 Å². The molecule has 0 saturated carbocycles. The molecule has 2 aromatic heterocycles. The Morgan fingerprint density at radius 1 is 1.62 bits per heavy atom. The number of fused-ring (bicyclic) bond motifs is 1. The number of carbonyl (C=O) groups is 1. The third kappa shape index (κ3) is 1.74. The van der Waals surface area contributed by atoms with Crippen molar-refractivity contribution in [2.45, 2.75) is 12.5 Å². The van der Waals surface area contributed by atoms with Gasteiger partial charge in [0.15, 0.2) is 5.65 Å². The Morgan fingerprint density at radius 2 is 2.38 bits per heavy atom. The first-order valence-electron chi connectivity index (χ1n) is 4.83. The molecule has 0 bridgehead atoms. The predicted octanol–water partition coefficient (Wildman–Crippen LogP) is 0.443. The van der Waals surface area contributed by atoms with Gasteiger partial charge in [0.2, 0.25) is 0 Å². The molecule has 0 aliphatic carbocycles. The van der Waals surface area contributed by atoms with E-state index in [4.69, 9.17) is 10.8 Å². The van der Waals surface area contributed by atoms with Crippen LogP contribution in [-0.4, -0.2) is 25.6 Å². The molecule has 2 rings (SSSR count). The fourth-order valence-corrected chi connectivity index (χ4v) is 1.64. The van der Waals surface area contributed by atoms with E-state index in [1.54, 1.807) is 23.2 Å². The lowest BCUT2D eigenvalue weighted by Crippen LogP contribution is -2.15. The van der Waals surface area contributed by atoms with Gasteiger partial charge in [-0.1, -0.05) is 0 Å². The van der Waals surface area contributed by atoms with Gasteiger partial charge in [0.1, 0.15) is 5.52 Å². The molecule has 0 amide bonds. The first-order valence-corrected chi connectivity index (χ1v) is 4.83. The fraction of sp³-hybridized carbons (Fsp3) is 0.300. The Labute approximate surface area is 91.7 Å². The number of carboxylic acid groups (broad SMARTS) is 1. The van der Waals surface area contributed by atoms with Gasteiger partial charge in [0, 0.05) is 24.8 Å². The van der Waals surface area contributed by atoms with E-state index in [0.29, 0.717) is 16.7 Å². The van der Waals surface area contributed by atoms with Gasteiger partial charge in [-0.25, -0.2) is 9.97 Å². The van der Waals surface area contributed by atoms with Crippen LogP contribution < -0.4 is 5.73 Å². The number of imidazole rings is 1. The lowest BCUT2D eigenvalue weighted by atomic mass is 10.1. The first kappa shape index (κ1) is 10.6. The Bertz CT molecular complexity index is 535. The molecule has 1 unspecified atom stereocenters. The smallest absolute Gasteiger partial charge is 0.305 e. The maximum absolute atomic E-state index is 10.6. The standard InChI is InChI=1S/C10H12N4O2/c1-14-5-13-9-6(2-3-12-10(9)14)7(11)4-8(15)16/h2-3,5,7H,4,11H2,1H3,(H,15,16). The average Bonchev–Trinajstić information content (AvgIpc) is 2.59. The number of pyridine rings is 1. The molecule has 2 aromatic rings. The molecule has 16 heavy (non-hydrogen) atoms. The third-order valence-corrected chi connectivity index (χ3v) is 2.42. The van der Waals surface area contributed by atoms with Crippen molar-refractivity contribution in [2.24, 2.45) is 12.8 Å². The summed E-state index contributed by atoms with van der Waals surface area (Å²) >= 11 is 0. The van der Waals surface area contributed by atoms with E-state index in [1.807, 2.05) is 7.05 Å². The molecular formula is C10H12N4O2. The number of rotatable bonds is 3. The molecule has 0 aromatic carbocycles. The van der Waals surface area contributed by atoms with Gasteiger partial charge >= 0.3 is 5.97 Å². The Morgan fingerprint density at radius 3 is 3.06 bits per heavy atom. The van der Waals surface area contributed by atoms with E-state index in [-0.39, 0.29) is 6.42 Å². The fourth-order valence-electron chi connectivity index (χ4n) is 1.64. The summed E-state index contributed by atoms with van der Waals surface area (Å²) in [4.78, 5) is 18.9. The van der Waals surface area contributed by atoms with Crippen molar-refractivity contribution in [3.63, 3.8) is 0 Å². The molecule has 1 atom stereocenters. The van der Waals surface area contributed by atoms with Gasteiger partial charge < -0.3 is 15.4 Å². The molecule has 0 aliphatic rings. The Balaban J connectivity index is 2.48. The second-order valence-electron chi connectivity index (χ2n) is 3.63. The van der Waals surface area contributed by atoms with Crippen molar-refractivity contribution in [2.75, 3.05) is 0 Å². The quantitative estimate of drug-likeness (QED) is 0.782. The van der Waals surface area contributed by atoms with Crippen LogP contribution in [0.1, 0.15) is 18.0 Å². The number of nitrogens with zero attached hydrogens (tertiary/aromatic N) is 3. The highest BCUT2D eigenvalue weighted by Gasteiger charge is 2.15. The molecule has 0 spiro atoms. The molecule has 6 nitrogen and oxygen atoms in total. The summed E-state index contributed by atoms with van der Waals surface area (Å²) in [5.74, 6) is -0.923. The van der Waals surface area contributed by atoms with Gasteiger partial charge in [-0.15, -0.1) is 0 Å². The van der Waals surface area contributed by atoms with Crippen LogP contribution in [0, 0.1) is 0 Å². The Kier molecular flexibility index (Phi) is 2.57. The number of aromatic nitrogens is 3. The van der Waals surface area contributed by atoms with Crippen molar-refractivity contribution >= 4 is 17.1 Å². The maximum Gasteiger partial charge on any atom is 0.305 e. The van der Waals surface area contributed by atoms with E-state index in [1.165, 1.54) is 0 Å². The number of hydrogen-bond donors (Lipinski definition) is 2. The molecule has 0 aliphatic heterocycles. The number of aliphatic carboxylic acids is 1. The number of aryl methyl sites for hydroxylation is 1. The third-order valence-electron chi connectivity index (χ3n) is 2.42. The summed E-state index contributed by atoms with van der Waals surface area (Å²) < 4.78 is 1.77. The van der Waals surface area contributed by atoms with Crippen molar-refractivity contribution in [1.82, 2.24) is 14.5 Å². The topological polar surface area (TPSA) is 94.0 Å². The number of hydrogen-bond acceptors (Lipinski definition) is 4. The van der Waals surface area contributed by atoms with Crippen molar-refractivity contribution in [3.8, 4) is 0 Å². The second kappa shape index (κ2) is 3.90. The minimum absolute atomic E-state index is 0.115. The molecule has 0 radical (unpaired) electrons. The first-order chi connectivity index (χ1) is 7.59. The highest BCUT2D eigenvalue weighted by Crippen LogP contribution is 2.21. The van der Waals surface area contributed by atoms with Crippen molar-refractivity contribution < 1.29 is 9.90 Å². The summed E-state index contributed by atoms with van der Waals surface area (Å²) in [6.07, 6.45) is 3.13. The highest BCUT2D eigenvalue weighted by molar-refractivity contribution is 5.76. The van der Waals surface area contributed by atoms with E-state index in [9.17, 15) is 4.79 Å². The molecule has 2 heterocycles. The van der Waals surface area contributed by atoms with E-state index in [0.717, 1.165) is 0 Å². The predicted molar refractivity (Wildman–Crippen MR) is 57.7 cm³/mol. The van der Waals surface area contributed by atoms with E-state index in [2.05, 4.69) is 9.97 Å². The van der Waals surface area contributed by atoms with Crippen LogP contribution in [0.5, 0.6) is 0 Å². The molecule has 84 valence electrons. The average molecular weight is 220 g/mol. The molecule has 6 heteroatoms. The summed E-state index contributed by atoms with van der Waals surface area (Å²) in [7, 11) is 1.83. The van der Waals surface area contributed by atoms with Gasteiger partial charge in [0.25, 0.3) is 0 Å². The van der Waals surface area contributed by atoms with Crippen LogP contribution in [0.25, 0.3) is 11.2 Å². The lowest BCUT2D eigenvalue weighted by Gasteiger charge is -2.09. The summed E-state index contributed by atoms with van der Waals surface area (Å²) in [6.45, 7) is 0. The minimum Gasteiger partial charge on any atom is -0.481 e. The van der Waals surface area contributed by atoms with E-state index >= 15 is 0 Å². The van der Waals surface area contributed by atoms with Gasteiger partial charge in [0.05, 0.1) is 12.7 Å². The van der Waals surface area contributed by atoms with Crippen LogP contribution in [0.4, 0.5) is 0 Å². The number of carboxylic acids is 1. The van der Waals surface area contributed by atoms with Crippen LogP contribution in [0.15, 0.2) is 18.6 Å².